The molecule has 0 aromatic heterocycles. The van der Waals surface area contributed by atoms with Gasteiger partial charge in [-0.2, -0.15) is 0 Å². The van der Waals surface area contributed by atoms with E-state index in [9.17, 15) is 4.79 Å². The van der Waals surface area contributed by atoms with Crippen molar-refractivity contribution in [3.8, 4) is 0 Å². The molecule has 14 heavy (non-hydrogen) atoms. The number of benzene rings is 1. The molecule has 0 aliphatic heterocycles. The molecule has 0 atom stereocenters. The van der Waals surface area contributed by atoms with E-state index in [1.165, 1.54) is 4.90 Å². The minimum Gasteiger partial charge on any atom is -0.395 e. The highest BCUT2D eigenvalue weighted by atomic mass is 16.3. The number of nitrogens with two attached hydrogens (primary N) is 1. The second-order valence-electron chi connectivity index (χ2n) is 2.81. The third-order valence-electron chi connectivity index (χ3n) is 1.87. The Hall–Kier alpha value is -1.39. The van der Waals surface area contributed by atoms with E-state index in [1.807, 2.05) is 30.3 Å². The maximum Gasteiger partial charge on any atom is 0.240 e. The van der Waals surface area contributed by atoms with E-state index in [0.717, 1.165) is 5.69 Å². The summed E-state index contributed by atoms with van der Waals surface area (Å²) in [4.78, 5) is 12.9. The molecular formula is C10H14N2O2. The van der Waals surface area contributed by atoms with Gasteiger partial charge in [0.2, 0.25) is 5.91 Å². The lowest BCUT2D eigenvalue weighted by atomic mass is 10.3. The molecule has 3 N–H and O–H groups in total. The molecule has 0 spiro atoms. The van der Waals surface area contributed by atoms with E-state index < -0.39 is 0 Å². The molecule has 0 saturated carbocycles. The van der Waals surface area contributed by atoms with Crippen molar-refractivity contribution < 1.29 is 9.90 Å². The lowest BCUT2D eigenvalue weighted by molar-refractivity contribution is -0.117. The van der Waals surface area contributed by atoms with Gasteiger partial charge in [-0.15, -0.1) is 0 Å². The first-order chi connectivity index (χ1) is 6.79. The summed E-state index contributed by atoms with van der Waals surface area (Å²) >= 11 is 0. The number of aliphatic hydroxyl groups excluding tert-OH is 1. The van der Waals surface area contributed by atoms with Crippen molar-refractivity contribution in [2.24, 2.45) is 5.73 Å². The standard InChI is InChI=1S/C10H14N2O2/c11-8-10(14)12(6-7-13)9-4-2-1-3-5-9/h1-5,13H,6-8,11H2. The summed E-state index contributed by atoms with van der Waals surface area (Å²) in [5.41, 5.74) is 6.03. The summed E-state index contributed by atoms with van der Waals surface area (Å²) in [6.07, 6.45) is 0. The van der Waals surface area contributed by atoms with Crippen LogP contribution in [0.3, 0.4) is 0 Å². The zero-order chi connectivity index (χ0) is 10.4. The van der Waals surface area contributed by atoms with Crippen molar-refractivity contribution >= 4 is 11.6 Å². The Morgan fingerprint density at radius 3 is 2.50 bits per heavy atom. The first kappa shape index (κ1) is 10.7. The summed E-state index contributed by atoms with van der Waals surface area (Å²) in [5, 5.41) is 8.81. The highest BCUT2D eigenvalue weighted by molar-refractivity contribution is 5.94. The van der Waals surface area contributed by atoms with E-state index in [1.54, 1.807) is 0 Å². The van der Waals surface area contributed by atoms with E-state index in [4.69, 9.17) is 10.8 Å². The van der Waals surface area contributed by atoms with Gasteiger partial charge < -0.3 is 15.7 Å². The van der Waals surface area contributed by atoms with Crippen molar-refractivity contribution in [3.63, 3.8) is 0 Å². The van der Waals surface area contributed by atoms with Crippen LogP contribution in [0.4, 0.5) is 5.69 Å². The Morgan fingerprint density at radius 1 is 1.36 bits per heavy atom. The molecule has 1 rings (SSSR count). The lowest BCUT2D eigenvalue weighted by Gasteiger charge is -2.20. The van der Waals surface area contributed by atoms with Crippen molar-refractivity contribution in [2.75, 3.05) is 24.6 Å². The minimum absolute atomic E-state index is 0.0467. The Labute approximate surface area is 82.9 Å². The first-order valence-electron chi connectivity index (χ1n) is 4.46. The van der Waals surface area contributed by atoms with Crippen molar-refractivity contribution in [1.82, 2.24) is 0 Å². The molecule has 4 nitrogen and oxygen atoms in total. The van der Waals surface area contributed by atoms with Crippen molar-refractivity contribution in [2.45, 2.75) is 0 Å². The van der Waals surface area contributed by atoms with Crippen LogP contribution in [0, 0.1) is 0 Å². The summed E-state index contributed by atoms with van der Waals surface area (Å²) < 4.78 is 0. The van der Waals surface area contributed by atoms with Crippen LogP contribution in [0.25, 0.3) is 0 Å². The van der Waals surface area contributed by atoms with Crippen LogP contribution < -0.4 is 10.6 Å². The largest absolute Gasteiger partial charge is 0.395 e. The van der Waals surface area contributed by atoms with Gasteiger partial charge in [-0.3, -0.25) is 4.79 Å². The quantitative estimate of drug-likeness (QED) is 0.707. The number of nitrogens with zero attached hydrogens (tertiary/aromatic N) is 1. The van der Waals surface area contributed by atoms with E-state index in [0.29, 0.717) is 0 Å². The zero-order valence-electron chi connectivity index (χ0n) is 7.89. The molecule has 4 heteroatoms. The lowest BCUT2D eigenvalue weighted by Crippen LogP contribution is -2.37. The van der Waals surface area contributed by atoms with Crippen molar-refractivity contribution in [3.05, 3.63) is 30.3 Å². The summed E-state index contributed by atoms with van der Waals surface area (Å²) in [7, 11) is 0. The fourth-order valence-corrected chi connectivity index (χ4v) is 1.22. The fraction of sp³-hybridized carbons (Fsp3) is 0.300. The summed E-state index contributed by atoms with van der Waals surface area (Å²) in [5.74, 6) is -0.190. The normalized spacial score (nSPS) is 9.86. The fourth-order valence-electron chi connectivity index (χ4n) is 1.22. The van der Waals surface area contributed by atoms with Crippen LogP contribution in [0.5, 0.6) is 0 Å². The number of anilines is 1. The van der Waals surface area contributed by atoms with Gasteiger partial charge in [0.25, 0.3) is 0 Å². The van der Waals surface area contributed by atoms with Crippen LogP contribution in [-0.2, 0) is 4.79 Å². The first-order valence-corrected chi connectivity index (χ1v) is 4.46. The monoisotopic (exact) mass is 194 g/mol. The van der Waals surface area contributed by atoms with Crippen LogP contribution in [0.2, 0.25) is 0 Å². The number of hydrogen-bond acceptors (Lipinski definition) is 3. The van der Waals surface area contributed by atoms with Crippen LogP contribution in [0.15, 0.2) is 30.3 Å². The molecule has 0 saturated heterocycles. The second-order valence-corrected chi connectivity index (χ2v) is 2.81. The third kappa shape index (κ3) is 2.55. The number of rotatable bonds is 4. The molecule has 0 radical (unpaired) electrons. The molecule has 76 valence electrons. The maximum absolute atomic E-state index is 11.4. The predicted octanol–water partition coefficient (Wildman–Crippen LogP) is -0.0294. The van der Waals surface area contributed by atoms with Gasteiger partial charge in [0.1, 0.15) is 0 Å². The zero-order valence-corrected chi connectivity index (χ0v) is 7.89. The van der Waals surface area contributed by atoms with Crippen LogP contribution >= 0.6 is 0 Å². The Morgan fingerprint density at radius 2 is 2.00 bits per heavy atom. The molecule has 0 unspecified atom stereocenters. The molecule has 1 aromatic carbocycles. The molecular weight excluding hydrogens is 180 g/mol. The number of carbonyl (C=O) groups excluding carboxylic acids is 1. The third-order valence-corrected chi connectivity index (χ3v) is 1.87. The number of aliphatic hydroxyl groups is 1. The van der Waals surface area contributed by atoms with Crippen molar-refractivity contribution in [1.29, 1.82) is 0 Å². The molecule has 0 fully saturated rings. The topological polar surface area (TPSA) is 66.6 Å². The van der Waals surface area contributed by atoms with Gasteiger partial charge in [0.05, 0.1) is 13.2 Å². The SMILES string of the molecule is NCC(=O)N(CCO)c1ccccc1. The Kier molecular flexibility index (Phi) is 4.10. The van der Waals surface area contributed by atoms with Gasteiger partial charge in [0.15, 0.2) is 0 Å². The number of carbonyl (C=O) groups is 1. The number of hydrogen-bond donors (Lipinski definition) is 2. The van der Waals surface area contributed by atoms with Gasteiger partial charge >= 0.3 is 0 Å². The Bertz CT molecular complexity index is 287. The predicted molar refractivity (Wildman–Crippen MR) is 54.9 cm³/mol. The van der Waals surface area contributed by atoms with Crippen LogP contribution in [0.1, 0.15) is 0 Å². The van der Waals surface area contributed by atoms with E-state index in [-0.39, 0.29) is 25.6 Å². The maximum atomic E-state index is 11.4. The van der Waals surface area contributed by atoms with Gasteiger partial charge in [0, 0.05) is 12.2 Å². The molecule has 0 aliphatic carbocycles. The Balaban J connectivity index is 2.83. The van der Waals surface area contributed by atoms with Crippen LogP contribution in [-0.4, -0.2) is 30.7 Å². The van der Waals surface area contributed by atoms with Gasteiger partial charge in [-0.25, -0.2) is 0 Å². The molecule has 0 aliphatic rings. The minimum atomic E-state index is -0.190. The average Bonchev–Trinajstić information content (AvgIpc) is 2.26. The molecule has 0 heterocycles. The highest BCUT2D eigenvalue weighted by Gasteiger charge is 2.12. The number of para-hydroxylation sites is 1. The second kappa shape index (κ2) is 5.36. The summed E-state index contributed by atoms with van der Waals surface area (Å²) in [6, 6.07) is 9.16. The average molecular weight is 194 g/mol. The smallest absolute Gasteiger partial charge is 0.240 e. The van der Waals surface area contributed by atoms with E-state index >= 15 is 0 Å². The van der Waals surface area contributed by atoms with E-state index in [2.05, 4.69) is 0 Å². The van der Waals surface area contributed by atoms with Gasteiger partial charge in [-0.1, -0.05) is 18.2 Å². The number of amides is 1. The molecule has 0 bridgehead atoms. The molecule has 1 aromatic rings. The summed E-state index contributed by atoms with van der Waals surface area (Å²) in [6.45, 7) is 0.162. The molecule has 1 amide bonds. The van der Waals surface area contributed by atoms with Gasteiger partial charge in [-0.05, 0) is 12.1 Å². The highest BCUT2D eigenvalue weighted by Crippen LogP contribution is 2.12.